The predicted octanol–water partition coefficient (Wildman–Crippen LogP) is 2.97. The molecule has 0 aromatic rings. The van der Waals surface area contributed by atoms with Crippen LogP contribution < -0.4 is 5.32 Å². The average molecular weight is 213 g/mol. The van der Waals surface area contributed by atoms with Gasteiger partial charge >= 0.3 is 0 Å². The minimum Gasteiger partial charge on any atom is -0.379 e. The van der Waals surface area contributed by atoms with Crippen LogP contribution in [0, 0.1) is 5.92 Å². The smallest absolute Gasteiger partial charge is 0.0622 e. The average Bonchev–Trinajstić information content (AvgIpc) is 2.27. The number of ether oxygens (including phenoxy) is 1. The van der Waals surface area contributed by atoms with Gasteiger partial charge in [-0.3, -0.25) is 0 Å². The van der Waals surface area contributed by atoms with E-state index in [4.69, 9.17) is 4.74 Å². The van der Waals surface area contributed by atoms with E-state index in [-0.39, 0.29) is 5.60 Å². The molecule has 1 fully saturated rings. The van der Waals surface area contributed by atoms with Crippen molar-refractivity contribution in [3.05, 3.63) is 0 Å². The minimum absolute atomic E-state index is 0.0621. The Hall–Kier alpha value is -0.0800. The normalized spacial score (nSPS) is 28.0. The molecule has 1 aliphatic carbocycles. The van der Waals surface area contributed by atoms with E-state index in [9.17, 15) is 0 Å². The van der Waals surface area contributed by atoms with Crippen LogP contribution in [-0.4, -0.2) is 25.8 Å². The van der Waals surface area contributed by atoms with Crippen molar-refractivity contribution >= 4 is 0 Å². The van der Waals surface area contributed by atoms with E-state index < -0.39 is 0 Å². The summed E-state index contributed by atoms with van der Waals surface area (Å²) in [5.74, 6) is 0.908. The Morgan fingerprint density at radius 1 is 1.33 bits per heavy atom. The van der Waals surface area contributed by atoms with Crippen LogP contribution >= 0.6 is 0 Å². The number of nitrogens with one attached hydrogen (secondary N) is 1. The first-order chi connectivity index (χ1) is 7.07. The molecule has 2 atom stereocenters. The van der Waals surface area contributed by atoms with E-state index >= 15 is 0 Å². The molecule has 1 N–H and O–H groups in total. The first-order valence-electron chi connectivity index (χ1n) is 6.30. The summed E-state index contributed by atoms with van der Waals surface area (Å²) in [6, 6.07) is 0.759. The maximum absolute atomic E-state index is 5.47. The van der Waals surface area contributed by atoms with Gasteiger partial charge in [-0.05, 0) is 52.5 Å². The van der Waals surface area contributed by atoms with Crippen LogP contribution in [0.1, 0.15) is 52.4 Å². The summed E-state index contributed by atoms with van der Waals surface area (Å²) in [7, 11) is 3.91. The zero-order chi connectivity index (χ0) is 11.3. The fraction of sp³-hybridized carbons (Fsp3) is 1.00. The zero-order valence-corrected chi connectivity index (χ0v) is 10.8. The molecule has 0 bridgehead atoms. The van der Waals surface area contributed by atoms with Crippen LogP contribution in [-0.2, 0) is 4.74 Å². The third kappa shape index (κ3) is 4.52. The summed E-state index contributed by atoms with van der Waals surface area (Å²) in [4.78, 5) is 0. The number of methoxy groups -OCH3 is 1. The Morgan fingerprint density at radius 3 is 2.67 bits per heavy atom. The summed E-state index contributed by atoms with van der Waals surface area (Å²) in [6.07, 6.45) is 8.03. The summed E-state index contributed by atoms with van der Waals surface area (Å²) < 4.78 is 5.47. The van der Waals surface area contributed by atoms with Gasteiger partial charge in [0.15, 0.2) is 0 Å². The molecule has 1 saturated carbocycles. The van der Waals surface area contributed by atoms with Crippen molar-refractivity contribution < 1.29 is 4.74 Å². The molecule has 1 rings (SSSR count). The van der Waals surface area contributed by atoms with Gasteiger partial charge in [0.1, 0.15) is 0 Å². The summed E-state index contributed by atoms with van der Waals surface area (Å²) in [6.45, 7) is 4.37. The maximum Gasteiger partial charge on any atom is 0.0622 e. The Bertz CT molecular complexity index is 179. The topological polar surface area (TPSA) is 21.3 Å². The molecule has 0 aromatic carbocycles. The lowest BCUT2D eigenvalue weighted by atomic mass is 9.81. The Morgan fingerprint density at radius 2 is 2.07 bits per heavy atom. The van der Waals surface area contributed by atoms with E-state index in [0.717, 1.165) is 12.0 Å². The molecule has 2 nitrogen and oxygen atoms in total. The molecule has 0 aliphatic heterocycles. The first-order valence-corrected chi connectivity index (χ1v) is 6.30. The lowest BCUT2D eigenvalue weighted by Crippen LogP contribution is -2.32. The van der Waals surface area contributed by atoms with Gasteiger partial charge in [0.2, 0.25) is 0 Å². The molecule has 0 aromatic heterocycles. The molecular weight excluding hydrogens is 186 g/mol. The van der Waals surface area contributed by atoms with Crippen molar-refractivity contribution in [2.24, 2.45) is 5.92 Å². The number of rotatable bonds is 5. The lowest BCUT2D eigenvalue weighted by Gasteiger charge is -2.31. The Balaban J connectivity index is 2.26. The summed E-state index contributed by atoms with van der Waals surface area (Å²) >= 11 is 0. The van der Waals surface area contributed by atoms with Crippen LogP contribution in [0.4, 0.5) is 0 Å². The highest BCUT2D eigenvalue weighted by molar-refractivity contribution is 4.79. The van der Waals surface area contributed by atoms with Gasteiger partial charge in [-0.2, -0.15) is 0 Å². The highest BCUT2D eigenvalue weighted by atomic mass is 16.5. The maximum atomic E-state index is 5.47. The second kappa shape index (κ2) is 5.86. The van der Waals surface area contributed by atoms with E-state index in [1.54, 1.807) is 0 Å². The van der Waals surface area contributed by atoms with Crippen molar-refractivity contribution in [1.82, 2.24) is 5.32 Å². The van der Waals surface area contributed by atoms with Crippen molar-refractivity contribution in [3.8, 4) is 0 Å². The van der Waals surface area contributed by atoms with Gasteiger partial charge in [0.25, 0.3) is 0 Å². The Labute approximate surface area is 94.8 Å². The highest BCUT2D eigenvalue weighted by Crippen LogP contribution is 2.30. The largest absolute Gasteiger partial charge is 0.379 e. The molecule has 1 aliphatic rings. The van der Waals surface area contributed by atoms with Gasteiger partial charge in [0, 0.05) is 13.2 Å². The lowest BCUT2D eigenvalue weighted by molar-refractivity contribution is 0.00862. The molecule has 0 saturated heterocycles. The van der Waals surface area contributed by atoms with E-state index in [2.05, 4.69) is 26.2 Å². The summed E-state index contributed by atoms with van der Waals surface area (Å²) in [5.41, 5.74) is 0.0621. The number of hydrogen-bond donors (Lipinski definition) is 1. The fourth-order valence-corrected chi connectivity index (χ4v) is 2.47. The van der Waals surface area contributed by atoms with Crippen molar-refractivity contribution in [3.63, 3.8) is 0 Å². The van der Waals surface area contributed by atoms with Crippen molar-refractivity contribution in [2.75, 3.05) is 14.2 Å². The van der Waals surface area contributed by atoms with E-state index in [1.807, 2.05) is 7.11 Å². The van der Waals surface area contributed by atoms with Gasteiger partial charge in [-0.15, -0.1) is 0 Å². The fourth-order valence-electron chi connectivity index (χ4n) is 2.47. The number of hydrogen-bond acceptors (Lipinski definition) is 2. The Kier molecular flexibility index (Phi) is 5.07. The van der Waals surface area contributed by atoms with E-state index in [1.165, 1.54) is 38.5 Å². The van der Waals surface area contributed by atoms with Crippen LogP contribution in [0.5, 0.6) is 0 Å². The molecule has 2 unspecified atom stereocenters. The molecule has 15 heavy (non-hydrogen) atoms. The predicted molar refractivity (Wildman–Crippen MR) is 65.1 cm³/mol. The quantitative estimate of drug-likeness (QED) is 0.758. The summed E-state index contributed by atoms with van der Waals surface area (Å²) in [5, 5.41) is 3.41. The molecule has 0 radical (unpaired) electrons. The van der Waals surface area contributed by atoms with E-state index in [0.29, 0.717) is 0 Å². The van der Waals surface area contributed by atoms with Crippen LogP contribution in [0.3, 0.4) is 0 Å². The molecular formula is C13H27NO. The molecule has 0 heterocycles. The SMILES string of the molecule is CNC1CCCC(CCC(C)(C)OC)C1. The zero-order valence-electron chi connectivity index (χ0n) is 10.8. The van der Waals surface area contributed by atoms with Crippen LogP contribution in [0.15, 0.2) is 0 Å². The standard InChI is InChI=1S/C13H27NO/c1-13(2,15-4)9-8-11-6-5-7-12(10-11)14-3/h11-12,14H,5-10H2,1-4H3. The monoisotopic (exact) mass is 213 g/mol. The molecule has 0 spiro atoms. The minimum atomic E-state index is 0.0621. The van der Waals surface area contributed by atoms with Gasteiger partial charge in [0.05, 0.1) is 5.60 Å². The van der Waals surface area contributed by atoms with Crippen LogP contribution in [0.25, 0.3) is 0 Å². The van der Waals surface area contributed by atoms with Gasteiger partial charge in [-0.1, -0.05) is 12.8 Å². The highest BCUT2D eigenvalue weighted by Gasteiger charge is 2.23. The second-order valence-electron chi connectivity index (χ2n) is 5.52. The van der Waals surface area contributed by atoms with Crippen molar-refractivity contribution in [1.29, 1.82) is 0 Å². The molecule has 2 heteroatoms. The van der Waals surface area contributed by atoms with Gasteiger partial charge < -0.3 is 10.1 Å². The molecule has 0 amide bonds. The first kappa shape index (κ1) is 13.0. The van der Waals surface area contributed by atoms with Crippen LogP contribution in [0.2, 0.25) is 0 Å². The van der Waals surface area contributed by atoms with Gasteiger partial charge in [-0.25, -0.2) is 0 Å². The molecule has 90 valence electrons. The third-order valence-corrected chi connectivity index (χ3v) is 3.90. The van der Waals surface area contributed by atoms with Crippen molar-refractivity contribution in [2.45, 2.75) is 64.0 Å². The second-order valence-corrected chi connectivity index (χ2v) is 5.52. The third-order valence-electron chi connectivity index (χ3n) is 3.90.